The van der Waals surface area contributed by atoms with Gasteiger partial charge in [0.25, 0.3) is 0 Å². The van der Waals surface area contributed by atoms with Crippen LogP contribution in [-0.2, 0) is 16.6 Å². The van der Waals surface area contributed by atoms with Crippen molar-refractivity contribution in [1.82, 2.24) is 4.72 Å². The van der Waals surface area contributed by atoms with Gasteiger partial charge in [-0.1, -0.05) is 6.07 Å². The van der Waals surface area contributed by atoms with Gasteiger partial charge in [-0.05, 0) is 23.6 Å². The lowest BCUT2D eigenvalue weighted by molar-refractivity contribution is 0.0696. The van der Waals surface area contributed by atoms with E-state index < -0.39 is 38.1 Å². The van der Waals surface area contributed by atoms with E-state index in [1.165, 1.54) is 11.3 Å². The van der Waals surface area contributed by atoms with E-state index in [0.717, 1.165) is 0 Å². The minimum Gasteiger partial charge on any atom is -0.478 e. The number of hydrogen-bond acceptors (Lipinski definition) is 4. The molecule has 0 unspecified atom stereocenters. The molecule has 0 radical (unpaired) electrons. The van der Waals surface area contributed by atoms with Crippen molar-refractivity contribution >= 4 is 27.3 Å². The van der Waals surface area contributed by atoms with Gasteiger partial charge in [-0.15, -0.1) is 11.3 Å². The molecule has 5 nitrogen and oxygen atoms in total. The Hall–Kier alpha value is -1.84. The standard InChI is InChI=1S/C12H9F2NO4S2/c13-9-4-7(12(16)17)5-10(11(9)14)21(18,19)15-6-8-2-1-3-20-8/h1-5,15H,6H2,(H,16,17). The van der Waals surface area contributed by atoms with Gasteiger partial charge < -0.3 is 5.11 Å². The zero-order valence-electron chi connectivity index (χ0n) is 10.3. The monoisotopic (exact) mass is 333 g/mol. The van der Waals surface area contributed by atoms with Gasteiger partial charge in [0, 0.05) is 11.4 Å². The minimum absolute atomic E-state index is 0.0989. The molecule has 2 rings (SSSR count). The molecule has 1 heterocycles. The molecule has 1 aromatic carbocycles. The maximum Gasteiger partial charge on any atom is 0.335 e. The van der Waals surface area contributed by atoms with Crippen molar-refractivity contribution in [2.75, 3.05) is 0 Å². The molecular weight excluding hydrogens is 324 g/mol. The summed E-state index contributed by atoms with van der Waals surface area (Å²) in [5.74, 6) is -4.70. The number of rotatable bonds is 5. The molecule has 112 valence electrons. The molecule has 0 fully saturated rings. The largest absolute Gasteiger partial charge is 0.478 e. The number of aromatic carboxylic acids is 1. The smallest absolute Gasteiger partial charge is 0.335 e. The van der Waals surface area contributed by atoms with E-state index in [0.29, 0.717) is 17.0 Å². The van der Waals surface area contributed by atoms with Crippen LogP contribution in [0, 0.1) is 11.6 Å². The number of sulfonamides is 1. The first kappa shape index (κ1) is 15.5. The average molecular weight is 333 g/mol. The molecule has 0 aliphatic heterocycles. The van der Waals surface area contributed by atoms with Crippen molar-refractivity contribution in [3.63, 3.8) is 0 Å². The van der Waals surface area contributed by atoms with Crippen LogP contribution in [0.2, 0.25) is 0 Å². The fraction of sp³-hybridized carbons (Fsp3) is 0.0833. The van der Waals surface area contributed by atoms with Crippen molar-refractivity contribution in [3.8, 4) is 0 Å². The molecule has 0 spiro atoms. The minimum atomic E-state index is -4.37. The second kappa shape index (κ2) is 5.88. The highest BCUT2D eigenvalue weighted by atomic mass is 32.2. The summed E-state index contributed by atoms with van der Waals surface area (Å²) in [5, 5.41) is 10.5. The van der Waals surface area contributed by atoms with Crippen LogP contribution in [0.25, 0.3) is 0 Å². The quantitative estimate of drug-likeness (QED) is 0.879. The summed E-state index contributed by atoms with van der Waals surface area (Å²) in [4.78, 5) is 10.4. The van der Waals surface area contributed by atoms with E-state index in [4.69, 9.17) is 5.11 Å². The Morgan fingerprint density at radius 2 is 2.05 bits per heavy atom. The molecule has 0 bridgehead atoms. The Kier molecular flexibility index (Phi) is 4.35. The summed E-state index contributed by atoms with van der Waals surface area (Å²) in [6.45, 7) is -0.0989. The number of nitrogens with one attached hydrogen (secondary N) is 1. The van der Waals surface area contributed by atoms with Gasteiger partial charge in [0.05, 0.1) is 5.56 Å². The third-order valence-electron chi connectivity index (χ3n) is 2.55. The van der Waals surface area contributed by atoms with Gasteiger partial charge in [0.2, 0.25) is 10.0 Å². The molecule has 9 heteroatoms. The van der Waals surface area contributed by atoms with Gasteiger partial charge in [-0.3, -0.25) is 0 Å². The van der Waals surface area contributed by atoms with E-state index in [1.807, 2.05) is 0 Å². The van der Waals surface area contributed by atoms with Crippen molar-refractivity contribution in [2.24, 2.45) is 0 Å². The van der Waals surface area contributed by atoms with Crippen LogP contribution in [0.5, 0.6) is 0 Å². The van der Waals surface area contributed by atoms with Crippen LogP contribution in [0.3, 0.4) is 0 Å². The third kappa shape index (κ3) is 3.43. The van der Waals surface area contributed by atoms with E-state index >= 15 is 0 Å². The van der Waals surface area contributed by atoms with Crippen molar-refractivity contribution in [2.45, 2.75) is 11.4 Å². The SMILES string of the molecule is O=C(O)c1cc(F)c(F)c(S(=O)(=O)NCc2cccs2)c1. The molecule has 21 heavy (non-hydrogen) atoms. The molecule has 2 aromatic rings. The molecule has 0 amide bonds. The van der Waals surface area contributed by atoms with Crippen LogP contribution in [0.1, 0.15) is 15.2 Å². The van der Waals surface area contributed by atoms with Crippen molar-refractivity contribution in [1.29, 1.82) is 0 Å². The summed E-state index contributed by atoms with van der Waals surface area (Å²) in [6, 6.07) is 4.38. The molecule has 0 saturated carbocycles. The van der Waals surface area contributed by atoms with Crippen molar-refractivity contribution < 1.29 is 27.1 Å². The second-order valence-corrected chi connectivity index (χ2v) is 6.75. The van der Waals surface area contributed by atoms with Gasteiger partial charge >= 0.3 is 5.97 Å². The van der Waals surface area contributed by atoms with Crippen LogP contribution in [0.15, 0.2) is 34.5 Å². The number of halogens is 2. The van der Waals surface area contributed by atoms with E-state index in [2.05, 4.69) is 4.72 Å². The zero-order chi connectivity index (χ0) is 15.6. The highest BCUT2D eigenvalue weighted by Crippen LogP contribution is 2.20. The number of hydrogen-bond donors (Lipinski definition) is 2. The summed E-state index contributed by atoms with van der Waals surface area (Å²) in [6.07, 6.45) is 0. The molecule has 0 aliphatic carbocycles. The lowest BCUT2D eigenvalue weighted by Gasteiger charge is -2.08. The van der Waals surface area contributed by atoms with Gasteiger partial charge in [-0.25, -0.2) is 26.7 Å². The molecule has 1 aromatic heterocycles. The lowest BCUT2D eigenvalue weighted by Crippen LogP contribution is -2.24. The molecule has 0 aliphatic rings. The van der Waals surface area contributed by atoms with E-state index in [-0.39, 0.29) is 6.54 Å². The first-order valence-corrected chi connectivity index (χ1v) is 7.92. The fourth-order valence-corrected chi connectivity index (χ4v) is 3.39. The highest BCUT2D eigenvalue weighted by molar-refractivity contribution is 7.89. The lowest BCUT2D eigenvalue weighted by atomic mass is 10.2. The number of carboxylic acids is 1. The van der Waals surface area contributed by atoms with E-state index in [1.54, 1.807) is 17.5 Å². The summed E-state index contributed by atoms with van der Waals surface area (Å²) in [5.41, 5.74) is -0.648. The summed E-state index contributed by atoms with van der Waals surface area (Å²) >= 11 is 1.29. The molecular formula is C12H9F2NO4S2. The first-order valence-electron chi connectivity index (χ1n) is 5.55. The van der Waals surface area contributed by atoms with Crippen LogP contribution in [-0.4, -0.2) is 19.5 Å². The van der Waals surface area contributed by atoms with Crippen molar-refractivity contribution in [3.05, 3.63) is 51.7 Å². The molecule has 2 N–H and O–H groups in total. The fourth-order valence-electron chi connectivity index (χ4n) is 1.54. The van der Waals surface area contributed by atoms with E-state index in [9.17, 15) is 22.0 Å². The maximum absolute atomic E-state index is 13.6. The Morgan fingerprint density at radius 1 is 1.33 bits per heavy atom. The van der Waals surface area contributed by atoms with Gasteiger partial charge in [0.15, 0.2) is 11.6 Å². The normalized spacial score (nSPS) is 11.5. The van der Waals surface area contributed by atoms with Crippen LogP contribution >= 0.6 is 11.3 Å². The van der Waals surface area contributed by atoms with Crippen LogP contribution < -0.4 is 4.72 Å². The predicted molar refractivity (Wildman–Crippen MR) is 71.7 cm³/mol. The summed E-state index contributed by atoms with van der Waals surface area (Å²) < 4.78 is 53.0. The number of carbonyl (C=O) groups is 1. The molecule has 0 saturated heterocycles. The highest BCUT2D eigenvalue weighted by Gasteiger charge is 2.24. The van der Waals surface area contributed by atoms with Gasteiger partial charge in [-0.2, -0.15) is 0 Å². The topological polar surface area (TPSA) is 83.5 Å². The number of carboxylic acid groups (broad SMARTS) is 1. The Balaban J connectivity index is 2.37. The Bertz CT molecular complexity index is 773. The van der Waals surface area contributed by atoms with Gasteiger partial charge in [0.1, 0.15) is 4.90 Å². The maximum atomic E-state index is 13.6. The average Bonchev–Trinajstić information content (AvgIpc) is 2.92. The number of benzene rings is 1. The first-order chi connectivity index (χ1) is 9.81. The molecule has 0 atom stereocenters. The summed E-state index contributed by atoms with van der Waals surface area (Å²) in [7, 11) is -4.37. The Labute approximate surface area is 122 Å². The second-order valence-electron chi connectivity index (χ2n) is 3.98. The van der Waals surface area contributed by atoms with Crippen LogP contribution in [0.4, 0.5) is 8.78 Å². The Morgan fingerprint density at radius 3 is 2.62 bits per heavy atom. The predicted octanol–water partition coefficient (Wildman–Crippen LogP) is 2.20. The third-order valence-corrected chi connectivity index (χ3v) is 4.82. The zero-order valence-corrected chi connectivity index (χ0v) is 12.0. The number of thiophene rings is 1.